The van der Waals surface area contributed by atoms with Crippen molar-refractivity contribution in [1.82, 2.24) is 4.90 Å². The Kier molecular flexibility index (Phi) is 3.83. The summed E-state index contributed by atoms with van der Waals surface area (Å²) >= 11 is 0. The molecule has 3 aliphatic rings. The van der Waals surface area contributed by atoms with Crippen LogP contribution in [0.2, 0.25) is 0 Å². The predicted octanol–water partition coefficient (Wildman–Crippen LogP) is 2.12. The highest BCUT2D eigenvalue weighted by Gasteiger charge is 2.51. The first-order valence-corrected chi connectivity index (χ1v) is 8.11. The van der Waals surface area contributed by atoms with Crippen LogP contribution in [0.15, 0.2) is 34.6 Å². The SMILES string of the molecule is CO[C@@H]1C=C2C=C3C(=C(C)C(=O)N3C)C[C@]2(C)[C@@H](C)[C@H]1OC(N)=O. The van der Waals surface area contributed by atoms with Gasteiger partial charge in [-0.25, -0.2) is 4.79 Å². The van der Waals surface area contributed by atoms with E-state index in [4.69, 9.17) is 15.2 Å². The summed E-state index contributed by atoms with van der Waals surface area (Å²) in [5.41, 5.74) is 8.93. The molecule has 4 atom stereocenters. The van der Waals surface area contributed by atoms with Crippen LogP contribution in [0, 0.1) is 11.3 Å². The lowest BCUT2D eigenvalue weighted by molar-refractivity contribution is -0.123. The number of amides is 2. The van der Waals surface area contributed by atoms with Gasteiger partial charge < -0.3 is 20.1 Å². The van der Waals surface area contributed by atoms with Crippen LogP contribution < -0.4 is 5.73 Å². The average molecular weight is 332 g/mol. The zero-order chi connectivity index (χ0) is 17.8. The van der Waals surface area contributed by atoms with Gasteiger partial charge in [-0.3, -0.25) is 4.79 Å². The molecule has 3 rings (SSSR count). The summed E-state index contributed by atoms with van der Waals surface area (Å²) in [6, 6.07) is 0. The first-order chi connectivity index (χ1) is 11.2. The van der Waals surface area contributed by atoms with Crippen LogP contribution in [-0.4, -0.2) is 43.3 Å². The van der Waals surface area contributed by atoms with Crippen LogP contribution in [0.1, 0.15) is 27.2 Å². The van der Waals surface area contributed by atoms with E-state index < -0.39 is 12.2 Å². The molecule has 0 radical (unpaired) electrons. The highest BCUT2D eigenvalue weighted by molar-refractivity contribution is 6.00. The Hall–Kier alpha value is -2.08. The molecule has 0 bridgehead atoms. The third-order valence-corrected chi connectivity index (χ3v) is 5.93. The molecule has 2 N–H and O–H groups in total. The Balaban J connectivity index is 2.11. The lowest BCUT2D eigenvalue weighted by Gasteiger charge is -2.48. The van der Waals surface area contributed by atoms with Crippen molar-refractivity contribution < 1.29 is 19.1 Å². The van der Waals surface area contributed by atoms with Crippen LogP contribution >= 0.6 is 0 Å². The summed E-state index contributed by atoms with van der Waals surface area (Å²) in [5.74, 6) is 0.0361. The van der Waals surface area contributed by atoms with Gasteiger partial charge in [0.1, 0.15) is 12.2 Å². The molecule has 24 heavy (non-hydrogen) atoms. The van der Waals surface area contributed by atoms with Crippen molar-refractivity contribution >= 4 is 12.0 Å². The van der Waals surface area contributed by atoms with E-state index in [9.17, 15) is 9.59 Å². The highest BCUT2D eigenvalue weighted by atomic mass is 16.6. The van der Waals surface area contributed by atoms with Crippen molar-refractivity contribution in [2.75, 3.05) is 14.2 Å². The van der Waals surface area contributed by atoms with E-state index >= 15 is 0 Å². The molecule has 0 aromatic heterocycles. The van der Waals surface area contributed by atoms with E-state index in [2.05, 4.69) is 13.0 Å². The molecule has 0 saturated heterocycles. The summed E-state index contributed by atoms with van der Waals surface area (Å²) in [6.07, 6.45) is 3.17. The summed E-state index contributed by atoms with van der Waals surface area (Å²) < 4.78 is 10.9. The van der Waals surface area contributed by atoms with E-state index in [0.717, 1.165) is 28.8 Å². The van der Waals surface area contributed by atoms with E-state index in [-0.39, 0.29) is 23.3 Å². The van der Waals surface area contributed by atoms with Crippen molar-refractivity contribution in [1.29, 1.82) is 0 Å². The number of hydrogen-bond donors (Lipinski definition) is 1. The van der Waals surface area contributed by atoms with Gasteiger partial charge in [-0.1, -0.05) is 13.8 Å². The molecule has 0 fully saturated rings. The van der Waals surface area contributed by atoms with Crippen molar-refractivity contribution in [3.63, 3.8) is 0 Å². The number of carbonyl (C=O) groups is 2. The maximum absolute atomic E-state index is 12.3. The van der Waals surface area contributed by atoms with Gasteiger partial charge in [0, 0.05) is 36.8 Å². The minimum atomic E-state index is -0.799. The molecule has 2 amide bonds. The lowest BCUT2D eigenvalue weighted by Crippen LogP contribution is -2.50. The monoisotopic (exact) mass is 332 g/mol. The molecule has 130 valence electrons. The summed E-state index contributed by atoms with van der Waals surface area (Å²) in [5, 5.41) is 0. The number of nitrogens with zero attached hydrogens (tertiary/aromatic N) is 1. The number of primary amides is 1. The highest BCUT2D eigenvalue weighted by Crippen LogP contribution is 2.54. The first kappa shape index (κ1) is 16.8. The van der Waals surface area contributed by atoms with Crippen molar-refractivity contribution in [3.05, 3.63) is 34.6 Å². The molecule has 0 saturated carbocycles. The van der Waals surface area contributed by atoms with Gasteiger partial charge in [0.2, 0.25) is 0 Å². The van der Waals surface area contributed by atoms with Crippen molar-refractivity contribution in [2.45, 2.75) is 39.4 Å². The second kappa shape index (κ2) is 5.48. The molecule has 2 aliphatic carbocycles. The standard InChI is InChI=1S/C18H24N2O4/c1-9-12-8-18(3)10(2)15(24-17(19)22)14(23-5)7-11(18)6-13(12)20(4)16(9)21/h6-7,10,14-15H,8H2,1-5H3,(H2,19,22)/t10-,14+,15+,18+/m0/s1. The molecular weight excluding hydrogens is 308 g/mol. The molecule has 1 heterocycles. The number of allylic oxidation sites excluding steroid dienone is 3. The molecular formula is C18H24N2O4. The fourth-order valence-electron chi connectivity index (χ4n) is 4.16. The van der Waals surface area contributed by atoms with Gasteiger partial charge in [0.25, 0.3) is 5.91 Å². The number of ether oxygens (including phenoxy) is 2. The van der Waals surface area contributed by atoms with Gasteiger partial charge in [-0.15, -0.1) is 0 Å². The second-order valence-electron chi connectivity index (χ2n) is 7.10. The maximum Gasteiger partial charge on any atom is 0.404 e. The Labute approximate surface area is 142 Å². The van der Waals surface area contributed by atoms with Crippen molar-refractivity contribution in [2.24, 2.45) is 17.1 Å². The third kappa shape index (κ3) is 2.20. The Morgan fingerprint density at radius 3 is 2.71 bits per heavy atom. The number of likely N-dealkylation sites (N-methyl/N-ethyl adjacent to an activating group) is 1. The molecule has 0 aromatic carbocycles. The van der Waals surface area contributed by atoms with Crippen LogP contribution in [-0.2, 0) is 14.3 Å². The van der Waals surface area contributed by atoms with Gasteiger partial charge in [0.15, 0.2) is 0 Å². The number of rotatable bonds is 2. The molecule has 1 aliphatic heterocycles. The number of nitrogens with two attached hydrogens (primary N) is 1. The van der Waals surface area contributed by atoms with Gasteiger partial charge in [-0.2, -0.15) is 0 Å². The lowest BCUT2D eigenvalue weighted by atomic mass is 9.59. The van der Waals surface area contributed by atoms with Crippen LogP contribution in [0.3, 0.4) is 0 Å². The summed E-state index contributed by atoms with van der Waals surface area (Å²) in [6.45, 7) is 6.06. The Morgan fingerprint density at radius 1 is 1.46 bits per heavy atom. The minimum absolute atomic E-state index is 0.00550. The molecule has 6 nitrogen and oxygen atoms in total. The van der Waals surface area contributed by atoms with Crippen LogP contribution in [0.5, 0.6) is 0 Å². The fraction of sp³-hybridized carbons (Fsp3) is 0.556. The van der Waals surface area contributed by atoms with E-state index in [0.29, 0.717) is 0 Å². The topological polar surface area (TPSA) is 81.9 Å². The fourth-order valence-corrected chi connectivity index (χ4v) is 4.16. The minimum Gasteiger partial charge on any atom is -0.443 e. The van der Waals surface area contributed by atoms with Crippen molar-refractivity contribution in [3.8, 4) is 0 Å². The van der Waals surface area contributed by atoms with Gasteiger partial charge in [0.05, 0.1) is 0 Å². The second-order valence-corrected chi connectivity index (χ2v) is 7.10. The number of fused-ring (bicyclic) bond motifs is 2. The summed E-state index contributed by atoms with van der Waals surface area (Å²) in [4.78, 5) is 25.3. The molecule has 0 unspecified atom stereocenters. The van der Waals surface area contributed by atoms with Crippen LogP contribution in [0.25, 0.3) is 0 Å². The number of methoxy groups -OCH3 is 1. The third-order valence-electron chi connectivity index (χ3n) is 5.93. The normalized spacial score (nSPS) is 35.3. The zero-order valence-corrected chi connectivity index (χ0v) is 14.8. The molecule has 0 aromatic rings. The smallest absolute Gasteiger partial charge is 0.404 e. The van der Waals surface area contributed by atoms with E-state index in [1.807, 2.05) is 19.9 Å². The molecule has 0 spiro atoms. The largest absolute Gasteiger partial charge is 0.443 e. The van der Waals surface area contributed by atoms with E-state index in [1.54, 1.807) is 19.1 Å². The number of hydrogen-bond acceptors (Lipinski definition) is 4. The predicted molar refractivity (Wildman–Crippen MR) is 88.8 cm³/mol. The van der Waals surface area contributed by atoms with Gasteiger partial charge >= 0.3 is 6.09 Å². The maximum atomic E-state index is 12.3. The summed E-state index contributed by atoms with van der Waals surface area (Å²) in [7, 11) is 3.39. The average Bonchev–Trinajstić information content (AvgIpc) is 2.73. The van der Waals surface area contributed by atoms with Crippen LogP contribution in [0.4, 0.5) is 4.79 Å². The quantitative estimate of drug-likeness (QED) is 0.840. The first-order valence-electron chi connectivity index (χ1n) is 8.11. The molecule has 6 heteroatoms. The van der Waals surface area contributed by atoms with E-state index in [1.165, 1.54) is 0 Å². The number of carbonyl (C=O) groups excluding carboxylic acids is 2. The zero-order valence-electron chi connectivity index (χ0n) is 14.8. The Bertz CT molecular complexity index is 706. The van der Waals surface area contributed by atoms with Gasteiger partial charge in [-0.05, 0) is 36.6 Å². The Morgan fingerprint density at radius 2 is 2.12 bits per heavy atom.